The maximum absolute atomic E-state index is 13.3. The van der Waals surface area contributed by atoms with Crippen molar-refractivity contribution in [1.29, 1.82) is 0 Å². The smallest absolute Gasteiger partial charge is 0.418 e. The highest BCUT2D eigenvalue weighted by Gasteiger charge is 2.35. The molecule has 0 aliphatic carbocycles. The van der Waals surface area contributed by atoms with Crippen molar-refractivity contribution >= 4 is 5.91 Å². The van der Waals surface area contributed by atoms with Crippen molar-refractivity contribution in [3.8, 4) is 11.4 Å². The highest BCUT2D eigenvalue weighted by Crippen LogP contribution is 2.34. The Kier molecular flexibility index (Phi) is 4.54. The zero-order valence-electron chi connectivity index (χ0n) is 14.6. The van der Waals surface area contributed by atoms with Crippen molar-refractivity contribution in [2.45, 2.75) is 25.2 Å². The zero-order valence-corrected chi connectivity index (χ0v) is 14.6. The van der Waals surface area contributed by atoms with E-state index in [0.717, 1.165) is 16.3 Å². The molecule has 1 aliphatic heterocycles. The number of para-hydroxylation sites is 1. The number of nitrogens with zero attached hydrogens (tertiary/aromatic N) is 2. The van der Waals surface area contributed by atoms with Crippen molar-refractivity contribution in [3.05, 3.63) is 77.6 Å². The van der Waals surface area contributed by atoms with E-state index in [1.807, 2.05) is 30.3 Å². The molecule has 2 aromatic carbocycles. The third-order valence-electron chi connectivity index (χ3n) is 4.45. The van der Waals surface area contributed by atoms with Gasteiger partial charge in [-0.05, 0) is 24.1 Å². The topological polar surface area (TPSA) is 56.1 Å². The van der Waals surface area contributed by atoms with Gasteiger partial charge in [-0.25, -0.2) is 4.68 Å². The first kappa shape index (κ1) is 18.1. The summed E-state index contributed by atoms with van der Waals surface area (Å²) in [5.74, 6) is -0.304. The number of aryl methyl sites for hydroxylation is 1. The van der Waals surface area contributed by atoms with Crippen molar-refractivity contribution in [2.24, 2.45) is 0 Å². The quantitative estimate of drug-likeness (QED) is 0.737. The lowest BCUT2D eigenvalue weighted by Gasteiger charge is -2.23. The van der Waals surface area contributed by atoms with Crippen LogP contribution in [0.5, 0.6) is 5.75 Å². The van der Waals surface area contributed by atoms with Crippen LogP contribution in [0.3, 0.4) is 0 Å². The van der Waals surface area contributed by atoms with E-state index in [2.05, 4.69) is 10.4 Å². The molecule has 3 aromatic rings. The van der Waals surface area contributed by atoms with E-state index in [1.54, 1.807) is 0 Å². The number of benzene rings is 2. The van der Waals surface area contributed by atoms with Crippen LogP contribution in [0.1, 0.15) is 28.0 Å². The van der Waals surface area contributed by atoms with Crippen LogP contribution in [0.4, 0.5) is 13.2 Å². The molecule has 0 bridgehead atoms. The SMILES string of the molecule is O=C1N[C@@H](CCc2ccccc2)Oc2cn(-c3ccccc3C(F)(F)F)nc21. The van der Waals surface area contributed by atoms with Crippen LogP contribution in [0, 0.1) is 0 Å². The van der Waals surface area contributed by atoms with Crippen LogP contribution >= 0.6 is 0 Å². The van der Waals surface area contributed by atoms with Crippen LogP contribution in [-0.2, 0) is 12.6 Å². The average molecular weight is 387 g/mol. The van der Waals surface area contributed by atoms with Crippen molar-refractivity contribution in [1.82, 2.24) is 15.1 Å². The number of fused-ring (bicyclic) bond motifs is 1. The van der Waals surface area contributed by atoms with Gasteiger partial charge in [-0.3, -0.25) is 4.79 Å². The second-order valence-corrected chi connectivity index (χ2v) is 6.41. The molecule has 0 fully saturated rings. The van der Waals surface area contributed by atoms with Gasteiger partial charge < -0.3 is 10.1 Å². The molecule has 1 atom stereocenters. The molecule has 5 nitrogen and oxygen atoms in total. The second-order valence-electron chi connectivity index (χ2n) is 6.41. The maximum atomic E-state index is 13.3. The largest absolute Gasteiger partial charge is 0.466 e. The van der Waals surface area contributed by atoms with Gasteiger partial charge in [0, 0.05) is 6.42 Å². The Labute approximate surface area is 158 Å². The molecule has 4 rings (SSSR count). The average Bonchev–Trinajstić information content (AvgIpc) is 3.11. The Morgan fingerprint density at radius 2 is 1.79 bits per heavy atom. The number of ether oxygens (including phenoxy) is 1. The van der Waals surface area contributed by atoms with Crippen LogP contribution in [0.15, 0.2) is 60.8 Å². The lowest BCUT2D eigenvalue weighted by Crippen LogP contribution is -2.43. The maximum Gasteiger partial charge on any atom is 0.418 e. The lowest BCUT2D eigenvalue weighted by atomic mass is 10.1. The van der Waals surface area contributed by atoms with E-state index in [1.165, 1.54) is 24.4 Å². The van der Waals surface area contributed by atoms with Crippen LogP contribution in [0.2, 0.25) is 0 Å². The fraction of sp³-hybridized carbons (Fsp3) is 0.200. The van der Waals surface area contributed by atoms with Gasteiger partial charge in [-0.15, -0.1) is 0 Å². The molecule has 1 aromatic heterocycles. The number of aromatic nitrogens is 2. The molecule has 0 unspecified atom stereocenters. The normalized spacial score (nSPS) is 16.2. The molecule has 1 amide bonds. The number of rotatable bonds is 4. The molecule has 0 saturated carbocycles. The molecule has 1 N–H and O–H groups in total. The Balaban J connectivity index is 1.57. The number of hydrogen-bond donors (Lipinski definition) is 1. The molecule has 0 radical (unpaired) electrons. The summed E-state index contributed by atoms with van der Waals surface area (Å²) in [6.45, 7) is 0. The molecule has 8 heteroatoms. The van der Waals surface area contributed by atoms with Gasteiger partial charge in [0.2, 0.25) is 0 Å². The van der Waals surface area contributed by atoms with Crippen molar-refractivity contribution in [3.63, 3.8) is 0 Å². The molecular formula is C20H16F3N3O2. The number of amides is 1. The van der Waals surface area contributed by atoms with Crippen molar-refractivity contribution in [2.75, 3.05) is 0 Å². The Morgan fingerprint density at radius 1 is 1.07 bits per heavy atom. The van der Waals surface area contributed by atoms with Crippen molar-refractivity contribution < 1.29 is 22.7 Å². The summed E-state index contributed by atoms with van der Waals surface area (Å²) in [5.41, 5.74) is 0.0615. The van der Waals surface area contributed by atoms with Gasteiger partial charge in [0.1, 0.15) is 0 Å². The molecule has 2 heterocycles. The Hall–Kier alpha value is -3.29. The number of alkyl halides is 3. The number of carbonyl (C=O) groups excluding carboxylic acids is 1. The summed E-state index contributed by atoms with van der Waals surface area (Å²) in [6.07, 6.45) is -2.58. The van der Waals surface area contributed by atoms with Gasteiger partial charge >= 0.3 is 6.18 Å². The van der Waals surface area contributed by atoms with E-state index in [-0.39, 0.29) is 17.1 Å². The number of halogens is 3. The third-order valence-corrected chi connectivity index (χ3v) is 4.45. The fourth-order valence-electron chi connectivity index (χ4n) is 3.11. The summed E-state index contributed by atoms with van der Waals surface area (Å²) < 4.78 is 46.6. The molecule has 0 spiro atoms. The first-order valence-corrected chi connectivity index (χ1v) is 8.69. The number of hydrogen-bond acceptors (Lipinski definition) is 3. The molecular weight excluding hydrogens is 371 g/mol. The summed E-state index contributed by atoms with van der Waals surface area (Å²) in [6, 6.07) is 14.8. The van der Waals surface area contributed by atoms with Gasteiger partial charge in [0.15, 0.2) is 17.7 Å². The Bertz CT molecular complexity index is 999. The number of nitrogens with one attached hydrogen (secondary N) is 1. The van der Waals surface area contributed by atoms with Gasteiger partial charge in [-0.2, -0.15) is 18.3 Å². The van der Waals surface area contributed by atoms with E-state index < -0.39 is 23.9 Å². The van der Waals surface area contributed by atoms with Gasteiger partial charge in [0.25, 0.3) is 5.91 Å². The fourth-order valence-corrected chi connectivity index (χ4v) is 3.11. The van der Waals surface area contributed by atoms with Gasteiger partial charge in [-0.1, -0.05) is 42.5 Å². The minimum atomic E-state index is -4.54. The highest BCUT2D eigenvalue weighted by atomic mass is 19.4. The van der Waals surface area contributed by atoms with Crippen LogP contribution in [0.25, 0.3) is 5.69 Å². The monoisotopic (exact) mass is 387 g/mol. The molecule has 1 aliphatic rings. The van der Waals surface area contributed by atoms with E-state index in [0.29, 0.717) is 12.8 Å². The minimum absolute atomic E-state index is 0.0343. The zero-order chi connectivity index (χ0) is 19.7. The highest BCUT2D eigenvalue weighted by molar-refractivity contribution is 5.96. The first-order valence-electron chi connectivity index (χ1n) is 8.69. The predicted molar refractivity (Wildman–Crippen MR) is 95.2 cm³/mol. The molecule has 144 valence electrons. The lowest BCUT2D eigenvalue weighted by molar-refractivity contribution is -0.137. The summed E-state index contributed by atoms with van der Waals surface area (Å²) in [7, 11) is 0. The van der Waals surface area contributed by atoms with E-state index in [9.17, 15) is 18.0 Å². The van der Waals surface area contributed by atoms with Crippen LogP contribution < -0.4 is 10.1 Å². The second kappa shape index (κ2) is 7.03. The summed E-state index contributed by atoms with van der Waals surface area (Å²) >= 11 is 0. The third kappa shape index (κ3) is 3.58. The first-order chi connectivity index (χ1) is 13.4. The minimum Gasteiger partial charge on any atom is -0.466 e. The predicted octanol–water partition coefficient (Wildman–Crippen LogP) is 3.97. The number of carbonyl (C=O) groups is 1. The summed E-state index contributed by atoms with van der Waals surface area (Å²) in [4.78, 5) is 12.3. The van der Waals surface area contributed by atoms with Crippen LogP contribution in [-0.4, -0.2) is 21.9 Å². The standard InChI is InChI=1S/C20H16F3N3O2/c21-20(22,23)14-8-4-5-9-15(14)26-12-16-18(25-26)19(27)24-17(28-16)11-10-13-6-2-1-3-7-13/h1-9,12,17H,10-11H2,(H,24,27)/t17-/m1/s1. The summed E-state index contributed by atoms with van der Waals surface area (Å²) in [5, 5.41) is 6.70. The van der Waals surface area contributed by atoms with E-state index >= 15 is 0 Å². The Morgan fingerprint density at radius 3 is 2.54 bits per heavy atom. The molecule has 0 saturated heterocycles. The van der Waals surface area contributed by atoms with Gasteiger partial charge in [0.05, 0.1) is 17.4 Å². The van der Waals surface area contributed by atoms with E-state index in [4.69, 9.17) is 4.74 Å². The molecule has 28 heavy (non-hydrogen) atoms.